The zero-order chi connectivity index (χ0) is 14.3. The van der Waals surface area contributed by atoms with E-state index in [1.54, 1.807) is 7.11 Å². The molecule has 0 fully saturated rings. The Labute approximate surface area is 116 Å². The van der Waals surface area contributed by atoms with Gasteiger partial charge in [0.25, 0.3) is 0 Å². The number of aromatic nitrogens is 2. The van der Waals surface area contributed by atoms with Gasteiger partial charge in [-0.25, -0.2) is 9.97 Å². The van der Waals surface area contributed by atoms with Crippen molar-refractivity contribution < 1.29 is 4.74 Å². The van der Waals surface area contributed by atoms with Gasteiger partial charge in [0.2, 0.25) is 0 Å². The Morgan fingerprint density at radius 3 is 2.68 bits per heavy atom. The first kappa shape index (κ1) is 15.7. The standard InChI is InChI=1S/C14H26N4O/c1-6-15-12-9-14(17-13(16-12)10-19-5)18(4)8-7-11(2)3/h9,11H,6-8,10H2,1-5H3,(H,15,16,17). The first-order chi connectivity index (χ1) is 9.06. The predicted molar refractivity (Wildman–Crippen MR) is 79.6 cm³/mol. The maximum absolute atomic E-state index is 5.12. The van der Waals surface area contributed by atoms with Gasteiger partial charge >= 0.3 is 0 Å². The van der Waals surface area contributed by atoms with Crippen LogP contribution in [-0.4, -0.2) is 37.2 Å². The van der Waals surface area contributed by atoms with Gasteiger partial charge in [0, 0.05) is 33.3 Å². The molecule has 5 heteroatoms. The van der Waals surface area contributed by atoms with Crippen LogP contribution in [0.15, 0.2) is 6.07 Å². The number of hydrogen-bond donors (Lipinski definition) is 1. The third kappa shape index (κ3) is 5.42. The molecule has 0 amide bonds. The molecule has 0 aliphatic carbocycles. The number of ether oxygens (including phenoxy) is 1. The molecule has 1 N–H and O–H groups in total. The smallest absolute Gasteiger partial charge is 0.158 e. The Bertz CT molecular complexity index is 357. The fourth-order valence-electron chi connectivity index (χ4n) is 1.71. The zero-order valence-corrected chi connectivity index (χ0v) is 12.7. The van der Waals surface area contributed by atoms with Crippen molar-refractivity contribution in [3.63, 3.8) is 0 Å². The highest BCUT2D eigenvalue weighted by Crippen LogP contribution is 2.16. The largest absolute Gasteiger partial charge is 0.377 e. The van der Waals surface area contributed by atoms with Crippen molar-refractivity contribution in [2.45, 2.75) is 33.8 Å². The molecule has 1 rings (SSSR count). The van der Waals surface area contributed by atoms with Crippen LogP contribution in [0.4, 0.5) is 11.6 Å². The molecule has 0 unspecified atom stereocenters. The maximum atomic E-state index is 5.12. The van der Waals surface area contributed by atoms with Crippen LogP contribution in [0.25, 0.3) is 0 Å². The average Bonchev–Trinajstić information content (AvgIpc) is 2.36. The lowest BCUT2D eigenvalue weighted by molar-refractivity contribution is 0.178. The molecule has 0 bridgehead atoms. The number of nitrogens with zero attached hydrogens (tertiary/aromatic N) is 3. The van der Waals surface area contributed by atoms with Crippen molar-refractivity contribution in [3.8, 4) is 0 Å². The Balaban J connectivity index is 2.84. The summed E-state index contributed by atoms with van der Waals surface area (Å²) in [7, 11) is 3.72. The minimum atomic E-state index is 0.435. The van der Waals surface area contributed by atoms with E-state index in [1.165, 1.54) is 0 Å². The summed E-state index contributed by atoms with van der Waals surface area (Å²) in [5.74, 6) is 3.21. The molecular weight excluding hydrogens is 240 g/mol. The molecule has 1 aromatic rings. The van der Waals surface area contributed by atoms with E-state index in [9.17, 15) is 0 Å². The van der Waals surface area contributed by atoms with Gasteiger partial charge in [-0.2, -0.15) is 0 Å². The van der Waals surface area contributed by atoms with E-state index in [-0.39, 0.29) is 0 Å². The van der Waals surface area contributed by atoms with Gasteiger partial charge in [-0.3, -0.25) is 0 Å². The molecule has 19 heavy (non-hydrogen) atoms. The van der Waals surface area contributed by atoms with Gasteiger partial charge in [-0.15, -0.1) is 0 Å². The fraction of sp³-hybridized carbons (Fsp3) is 0.714. The van der Waals surface area contributed by atoms with E-state index in [2.05, 4.69) is 48.0 Å². The Morgan fingerprint density at radius 1 is 1.37 bits per heavy atom. The molecule has 1 aromatic heterocycles. The molecule has 0 atom stereocenters. The number of anilines is 2. The van der Waals surface area contributed by atoms with Crippen LogP contribution in [0, 0.1) is 5.92 Å². The zero-order valence-electron chi connectivity index (χ0n) is 12.7. The monoisotopic (exact) mass is 266 g/mol. The molecule has 0 aliphatic heterocycles. The maximum Gasteiger partial charge on any atom is 0.158 e. The lowest BCUT2D eigenvalue weighted by Crippen LogP contribution is -2.22. The minimum absolute atomic E-state index is 0.435. The summed E-state index contributed by atoms with van der Waals surface area (Å²) >= 11 is 0. The van der Waals surface area contributed by atoms with Crippen LogP contribution < -0.4 is 10.2 Å². The van der Waals surface area contributed by atoms with Crippen LogP contribution in [0.3, 0.4) is 0 Å². The van der Waals surface area contributed by atoms with E-state index in [0.29, 0.717) is 18.3 Å². The Hall–Kier alpha value is -1.36. The topological polar surface area (TPSA) is 50.3 Å². The molecule has 1 heterocycles. The van der Waals surface area contributed by atoms with Gasteiger partial charge in [0.1, 0.15) is 18.2 Å². The summed E-state index contributed by atoms with van der Waals surface area (Å²) < 4.78 is 5.12. The normalized spacial score (nSPS) is 10.8. The highest BCUT2D eigenvalue weighted by atomic mass is 16.5. The van der Waals surface area contributed by atoms with E-state index < -0.39 is 0 Å². The van der Waals surface area contributed by atoms with Gasteiger partial charge in [0.05, 0.1) is 0 Å². The third-order valence-electron chi connectivity index (χ3n) is 2.82. The third-order valence-corrected chi connectivity index (χ3v) is 2.82. The Kier molecular flexibility index (Phi) is 6.56. The van der Waals surface area contributed by atoms with Crippen molar-refractivity contribution in [3.05, 3.63) is 11.9 Å². The fourth-order valence-corrected chi connectivity index (χ4v) is 1.71. The number of nitrogens with one attached hydrogen (secondary N) is 1. The van der Waals surface area contributed by atoms with E-state index in [0.717, 1.165) is 31.1 Å². The predicted octanol–water partition coefficient (Wildman–Crippen LogP) is 2.54. The van der Waals surface area contributed by atoms with Crippen LogP contribution in [0.2, 0.25) is 0 Å². The summed E-state index contributed by atoms with van der Waals surface area (Å²) in [6, 6.07) is 1.99. The number of hydrogen-bond acceptors (Lipinski definition) is 5. The average molecular weight is 266 g/mol. The van der Waals surface area contributed by atoms with Crippen LogP contribution in [0.1, 0.15) is 33.0 Å². The Morgan fingerprint density at radius 2 is 2.11 bits per heavy atom. The van der Waals surface area contributed by atoms with Gasteiger partial charge < -0.3 is 15.0 Å². The minimum Gasteiger partial charge on any atom is -0.377 e. The molecule has 5 nitrogen and oxygen atoms in total. The van der Waals surface area contributed by atoms with Crippen LogP contribution in [-0.2, 0) is 11.3 Å². The first-order valence-electron chi connectivity index (χ1n) is 6.88. The second-order valence-electron chi connectivity index (χ2n) is 5.10. The summed E-state index contributed by atoms with van der Waals surface area (Å²) in [5.41, 5.74) is 0. The second kappa shape index (κ2) is 7.94. The van der Waals surface area contributed by atoms with Crippen LogP contribution in [0.5, 0.6) is 0 Å². The molecule has 0 saturated heterocycles. The van der Waals surface area contributed by atoms with Crippen molar-refractivity contribution in [2.24, 2.45) is 5.92 Å². The lowest BCUT2D eigenvalue weighted by atomic mass is 10.1. The van der Waals surface area contributed by atoms with Crippen molar-refractivity contribution >= 4 is 11.6 Å². The quantitative estimate of drug-likeness (QED) is 0.783. The molecule has 0 aliphatic rings. The van der Waals surface area contributed by atoms with Gasteiger partial charge in [-0.05, 0) is 19.3 Å². The molecule has 0 radical (unpaired) electrons. The van der Waals surface area contributed by atoms with Crippen molar-refractivity contribution in [2.75, 3.05) is 37.5 Å². The molecule has 0 aromatic carbocycles. The molecule has 0 spiro atoms. The van der Waals surface area contributed by atoms with E-state index in [4.69, 9.17) is 4.74 Å². The van der Waals surface area contributed by atoms with Gasteiger partial charge in [-0.1, -0.05) is 13.8 Å². The summed E-state index contributed by atoms with van der Waals surface area (Å²) in [4.78, 5) is 11.1. The van der Waals surface area contributed by atoms with Crippen molar-refractivity contribution in [1.29, 1.82) is 0 Å². The second-order valence-corrected chi connectivity index (χ2v) is 5.10. The summed E-state index contributed by atoms with van der Waals surface area (Å²) in [5, 5.41) is 3.23. The van der Waals surface area contributed by atoms with E-state index >= 15 is 0 Å². The SMILES string of the molecule is CCNc1cc(N(C)CCC(C)C)nc(COC)n1. The van der Waals surface area contributed by atoms with Crippen LogP contribution >= 0.6 is 0 Å². The number of rotatable bonds is 8. The summed E-state index contributed by atoms with van der Waals surface area (Å²) in [6.07, 6.45) is 1.15. The molecule has 108 valence electrons. The lowest BCUT2D eigenvalue weighted by Gasteiger charge is -2.20. The van der Waals surface area contributed by atoms with Gasteiger partial charge in [0.15, 0.2) is 5.82 Å². The highest BCUT2D eigenvalue weighted by molar-refractivity contribution is 5.48. The van der Waals surface area contributed by atoms with E-state index in [1.807, 2.05) is 6.07 Å². The first-order valence-corrected chi connectivity index (χ1v) is 6.88. The van der Waals surface area contributed by atoms with Crippen molar-refractivity contribution in [1.82, 2.24) is 9.97 Å². The molecule has 0 saturated carbocycles. The highest BCUT2D eigenvalue weighted by Gasteiger charge is 2.09. The summed E-state index contributed by atoms with van der Waals surface area (Å²) in [6.45, 7) is 8.79. The number of methoxy groups -OCH3 is 1. The molecular formula is C14H26N4O.